The van der Waals surface area contributed by atoms with Crippen LogP contribution in [0.2, 0.25) is 0 Å². The van der Waals surface area contributed by atoms with Gasteiger partial charge in [-0.3, -0.25) is 4.79 Å². The number of rotatable bonds is 9. The summed E-state index contributed by atoms with van der Waals surface area (Å²) in [6.45, 7) is 7.02. The van der Waals surface area contributed by atoms with Gasteiger partial charge in [0.15, 0.2) is 16.8 Å². The van der Waals surface area contributed by atoms with Crippen LogP contribution in [0.3, 0.4) is 0 Å². The van der Waals surface area contributed by atoms with Crippen molar-refractivity contribution in [2.45, 2.75) is 25.2 Å². The van der Waals surface area contributed by atoms with Gasteiger partial charge in [0.25, 0.3) is 0 Å². The van der Waals surface area contributed by atoms with Crippen LogP contribution in [-0.4, -0.2) is 26.3 Å². The Morgan fingerprint density at radius 1 is 1.18 bits per heavy atom. The van der Waals surface area contributed by atoms with E-state index in [1.807, 2.05) is 41.0 Å². The first kappa shape index (κ1) is 20.4. The number of nitrogens with zero attached hydrogens (tertiary/aromatic N) is 3. The fourth-order valence-electron chi connectivity index (χ4n) is 2.57. The maximum Gasteiger partial charge on any atom is 0.192 e. The largest absolute Gasteiger partial charge is 0.378 e. The van der Waals surface area contributed by atoms with Crippen LogP contribution in [0.25, 0.3) is 0 Å². The van der Waals surface area contributed by atoms with E-state index in [9.17, 15) is 4.79 Å². The molecule has 7 heteroatoms. The van der Waals surface area contributed by atoms with Crippen molar-refractivity contribution in [3.63, 3.8) is 0 Å². The minimum Gasteiger partial charge on any atom is -0.378 e. The maximum atomic E-state index is 12.4. The van der Waals surface area contributed by atoms with Crippen LogP contribution < -0.4 is 5.32 Å². The summed E-state index contributed by atoms with van der Waals surface area (Å²) in [5.41, 5.74) is 2.93. The van der Waals surface area contributed by atoms with E-state index >= 15 is 0 Å². The number of aromatic nitrogens is 3. The van der Waals surface area contributed by atoms with Gasteiger partial charge in [0.1, 0.15) is 0 Å². The Balaban J connectivity index is 1.65. The topological polar surface area (TPSA) is 59.8 Å². The monoisotopic (exact) mass is 456 g/mol. The lowest BCUT2D eigenvalue weighted by Gasteiger charge is -2.09. The van der Waals surface area contributed by atoms with Crippen LogP contribution in [0.15, 0.2) is 70.8 Å². The summed E-state index contributed by atoms with van der Waals surface area (Å²) in [5.74, 6) is 1.17. The third kappa shape index (κ3) is 5.33. The van der Waals surface area contributed by atoms with Crippen molar-refractivity contribution < 1.29 is 4.79 Å². The van der Waals surface area contributed by atoms with Crippen molar-refractivity contribution in [2.75, 3.05) is 11.1 Å². The first-order valence-corrected chi connectivity index (χ1v) is 10.6. The average Bonchev–Trinajstić information content (AvgIpc) is 3.08. The van der Waals surface area contributed by atoms with Crippen LogP contribution in [0.5, 0.6) is 0 Å². The summed E-state index contributed by atoms with van der Waals surface area (Å²) in [7, 11) is 0. The summed E-state index contributed by atoms with van der Waals surface area (Å²) >= 11 is 4.77. The predicted octanol–water partition coefficient (Wildman–Crippen LogP) is 5.12. The highest BCUT2D eigenvalue weighted by Gasteiger charge is 2.14. The van der Waals surface area contributed by atoms with Gasteiger partial charge in [-0.2, -0.15) is 0 Å². The van der Waals surface area contributed by atoms with Gasteiger partial charge in [0.05, 0.1) is 12.3 Å². The number of carbonyl (C=O) groups excluding carboxylic acids is 1. The SMILES string of the molecule is C=CCn1c(CNc2ccc(C)cc2)nnc1SCC(=O)c1ccc(Br)cc1. The number of hydrogen-bond donors (Lipinski definition) is 1. The summed E-state index contributed by atoms with van der Waals surface area (Å²) in [5, 5.41) is 12.6. The second-order valence-electron chi connectivity index (χ2n) is 6.24. The fraction of sp³-hybridized carbons (Fsp3) is 0.190. The highest BCUT2D eigenvalue weighted by molar-refractivity contribution is 9.10. The molecule has 3 rings (SSSR count). The third-order valence-corrected chi connectivity index (χ3v) is 5.60. The third-order valence-electron chi connectivity index (χ3n) is 4.11. The van der Waals surface area contributed by atoms with Crippen LogP contribution in [0.4, 0.5) is 5.69 Å². The van der Waals surface area contributed by atoms with E-state index in [1.54, 1.807) is 6.08 Å². The molecule has 2 aromatic carbocycles. The summed E-state index contributed by atoms with van der Waals surface area (Å²) in [6.07, 6.45) is 1.80. The molecule has 1 N–H and O–H groups in total. The highest BCUT2D eigenvalue weighted by atomic mass is 79.9. The molecular formula is C21H21BrN4OS. The second-order valence-corrected chi connectivity index (χ2v) is 8.09. The number of thioether (sulfide) groups is 1. The minimum atomic E-state index is 0.0602. The van der Waals surface area contributed by atoms with Crippen molar-refractivity contribution >= 4 is 39.2 Å². The fourth-order valence-corrected chi connectivity index (χ4v) is 3.70. The molecule has 144 valence electrons. The average molecular weight is 457 g/mol. The Hall–Kier alpha value is -2.38. The van der Waals surface area contributed by atoms with Crippen LogP contribution in [-0.2, 0) is 13.1 Å². The molecular weight excluding hydrogens is 436 g/mol. The molecule has 1 aromatic heterocycles. The van der Waals surface area contributed by atoms with E-state index in [0.29, 0.717) is 29.6 Å². The van der Waals surface area contributed by atoms with Gasteiger partial charge < -0.3 is 9.88 Å². The van der Waals surface area contributed by atoms with Crippen molar-refractivity contribution in [3.8, 4) is 0 Å². The zero-order valence-corrected chi connectivity index (χ0v) is 18.0. The molecule has 1 heterocycles. The highest BCUT2D eigenvalue weighted by Crippen LogP contribution is 2.20. The number of aryl methyl sites for hydroxylation is 1. The Labute approximate surface area is 177 Å². The molecule has 0 aliphatic heterocycles. The van der Waals surface area contributed by atoms with Gasteiger partial charge in [0, 0.05) is 22.3 Å². The number of ketones is 1. The molecule has 0 saturated heterocycles. The Morgan fingerprint density at radius 2 is 1.89 bits per heavy atom. The van der Waals surface area contributed by atoms with E-state index in [2.05, 4.69) is 57.1 Å². The van der Waals surface area contributed by atoms with Gasteiger partial charge in [0.2, 0.25) is 0 Å². The molecule has 0 atom stereocenters. The molecule has 5 nitrogen and oxygen atoms in total. The van der Waals surface area contributed by atoms with E-state index in [-0.39, 0.29) is 5.78 Å². The molecule has 0 aliphatic rings. The summed E-state index contributed by atoms with van der Waals surface area (Å²) < 4.78 is 2.93. The molecule has 0 fully saturated rings. The Kier molecular flexibility index (Phi) is 7.06. The van der Waals surface area contributed by atoms with Crippen LogP contribution in [0, 0.1) is 6.92 Å². The van der Waals surface area contributed by atoms with Crippen molar-refractivity contribution in [2.24, 2.45) is 0 Å². The normalized spacial score (nSPS) is 10.6. The number of hydrogen-bond acceptors (Lipinski definition) is 5. The first-order valence-electron chi connectivity index (χ1n) is 8.82. The number of allylic oxidation sites excluding steroid dienone is 1. The second kappa shape index (κ2) is 9.71. The molecule has 0 unspecified atom stereocenters. The zero-order chi connectivity index (χ0) is 19.9. The van der Waals surface area contributed by atoms with Gasteiger partial charge in [-0.25, -0.2) is 0 Å². The molecule has 3 aromatic rings. The minimum absolute atomic E-state index is 0.0602. The van der Waals surface area contributed by atoms with Crippen LogP contribution >= 0.6 is 27.7 Å². The molecule has 28 heavy (non-hydrogen) atoms. The summed E-state index contributed by atoms with van der Waals surface area (Å²) in [4.78, 5) is 12.4. The van der Waals surface area contributed by atoms with Crippen molar-refractivity contribution in [1.29, 1.82) is 0 Å². The lowest BCUT2D eigenvalue weighted by Crippen LogP contribution is -2.10. The number of halogens is 1. The van der Waals surface area contributed by atoms with Crippen molar-refractivity contribution in [1.82, 2.24) is 14.8 Å². The molecule has 0 saturated carbocycles. The van der Waals surface area contributed by atoms with Gasteiger partial charge in [-0.15, -0.1) is 16.8 Å². The maximum absolute atomic E-state index is 12.4. The smallest absolute Gasteiger partial charge is 0.192 e. The Bertz CT molecular complexity index is 952. The van der Waals surface area contributed by atoms with Gasteiger partial charge >= 0.3 is 0 Å². The zero-order valence-electron chi connectivity index (χ0n) is 15.6. The summed E-state index contributed by atoms with van der Waals surface area (Å²) in [6, 6.07) is 15.6. The Morgan fingerprint density at radius 3 is 2.57 bits per heavy atom. The lowest BCUT2D eigenvalue weighted by molar-refractivity contribution is 0.102. The molecule has 0 radical (unpaired) electrons. The first-order chi connectivity index (χ1) is 13.6. The molecule has 0 aliphatic carbocycles. The molecule has 0 bridgehead atoms. The van der Waals surface area contributed by atoms with E-state index in [1.165, 1.54) is 17.3 Å². The van der Waals surface area contributed by atoms with E-state index in [4.69, 9.17) is 0 Å². The number of carbonyl (C=O) groups is 1. The van der Waals surface area contributed by atoms with Gasteiger partial charge in [-0.05, 0) is 31.2 Å². The quantitative estimate of drug-likeness (QED) is 0.275. The van der Waals surface area contributed by atoms with Crippen molar-refractivity contribution in [3.05, 3.63) is 82.6 Å². The standard InChI is InChI=1S/C21H21BrN4OS/c1-3-12-26-20(13-23-18-10-4-15(2)5-11-18)24-25-21(26)28-14-19(27)16-6-8-17(22)9-7-16/h3-11,23H,1,12-14H2,2H3. The number of Topliss-reactive ketones (excluding diaryl/α,β-unsaturated/α-hetero) is 1. The van der Waals surface area contributed by atoms with Crippen LogP contribution in [0.1, 0.15) is 21.7 Å². The predicted molar refractivity (Wildman–Crippen MR) is 118 cm³/mol. The lowest BCUT2D eigenvalue weighted by atomic mass is 10.2. The number of nitrogens with one attached hydrogen (secondary N) is 1. The van der Waals surface area contributed by atoms with E-state index in [0.717, 1.165) is 16.0 Å². The van der Waals surface area contributed by atoms with E-state index < -0.39 is 0 Å². The van der Waals surface area contributed by atoms with Gasteiger partial charge in [-0.1, -0.05) is 63.6 Å². The number of benzene rings is 2. The molecule has 0 spiro atoms. The number of anilines is 1. The molecule has 0 amide bonds.